The van der Waals surface area contributed by atoms with E-state index >= 15 is 0 Å². The van der Waals surface area contributed by atoms with Crippen molar-refractivity contribution in [3.8, 4) is 0 Å². The molecule has 104 valence electrons. The van der Waals surface area contributed by atoms with Gasteiger partial charge in [0.15, 0.2) is 0 Å². The number of esters is 1. The molecule has 0 saturated carbocycles. The van der Waals surface area contributed by atoms with E-state index in [0.29, 0.717) is 18.7 Å². The number of rotatable bonds is 8. The Kier molecular flexibility index (Phi) is 8.65. The van der Waals surface area contributed by atoms with Crippen molar-refractivity contribution in [1.29, 1.82) is 0 Å². The number of hydrogen-bond acceptors (Lipinski definition) is 5. The van der Waals surface area contributed by atoms with E-state index in [1.807, 2.05) is 18.9 Å². The number of carbonyl (C=O) groups excluding carboxylic acids is 2. The summed E-state index contributed by atoms with van der Waals surface area (Å²) in [6.07, 6.45) is -0.508. The van der Waals surface area contributed by atoms with Crippen LogP contribution in [0.15, 0.2) is 12.2 Å². The van der Waals surface area contributed by atoms with Crippen LogP contribution in [0, 0.1) is 0 Å². The summed E-state index contributed by atoms with van der Waals surface area (Å²) in [6, 6.07) is 0. The zero-order valence-corrected chi connectivity index (χ0v) is 11.3. The second-order valence-electron chi connectivity index (χ2n) is 3.87. The van der Waals surface area contributed by atoms with Gasteiger partial charge in [-0.3, -0.25) is 0 Å². The van der Waals surface area contributed by atoms with Crippen LogP contribution in [0.2, 0.25) is 0 Å². The number of ether oxygens (including phenoxy) is 2. The first-order valence-corrected chi connectivity index (χ1v) is 5.89. The number of nitrogens with one attached hydrogen (secondary N) is 1. The summed E-state index contributed by atoms with van der Waals surface area (Å²) >= 11 is 0. The average molecular weight is 258 g/mol. The molecule has 0 aliphatic carbocycles. The van der Waals surface area contributed by atoms with Gasteiger partial charge in [0.2, 0.25) is 0 Å². The Morgan fingerprint density at radius 2 is 1.94 bits per heavy atom. The Balaban J connectivity index is 3.48. The van der Waals surface area contributed by atoms with E-state index < -0.39 is 12.1 Å². The number of likely N-dealkylation sites (N-methyl/N-ethyl adjacent to an activating group) is 1. The molecule has 18 heavy (non-hydrogen) atoms. The molecule has 0 radical (unpaired) electrons. The van der Waals surface area contributed by atoms with Crippen LogP contribution in [0.25, 0.3) is 0 Å². The first-order valence-electron chi connectivity index (χ1n) is 5.89. The highest BCUT2D eigenvalue weighted by molar-refractivity contribution is 5.86. The second kappa shape index (κ2) is 9.47. The monoisotopic (exact) mass is 258 g/mol. The normalized spacial score (nSPS) is 10.0. The number of amides is 1. The SMILES string of the molecule is C=C(C)C(=O)OCCNC(=O)OCCN(C)CC. The van der Waals surface area contributed by atoms with Gasteiger partial charge in [-0.1, -0.05) is 13.5 Å². The number of alkyl carbamates (subject to hydrolysis) is 1. The number of nitrogens with zero attached hydrogens (tertiary/aromatic N) is 1. The number of hydrogen-bond donors (Lipinski definition) is 1. The highest BCUT2D eigenvalue weighted by Gasteiger charge is 2.04. The van der Waals surface area contributed by atoms with E-state index in [1.165, 1.54) is 0 Å². The van der Waals surface area contributed by atoms with Gasteiger partial charge in [0.1, 0.15) is 13.2 Å². The highest BCUT2D eigenvalue weighted by atomic mass is 16.6. The largest absolute Gasteiger partial charge is 0.460 e. The van der Waals surface area contributed by atoms with Gasteiger partial charge in [0.05, 0.1) is 6.54 Å². The number of carbonyl (C=O) groups is 2. The molecule has 0 spiro atoms. The second-order valence-corrected chi connectivity index (χ2v) is 3.87. The van der Waals surface area contributed by atoms with Crippen molar-refractivity contribution in [1.82, 2.24) is 10.2 Å². The lowest BCUT2D eigenvalue weighted by Gasteiger charge is -2.13. The maximum absolute atomic E-state index is 11.2. The first-order chi connectivity index (χ1) is 8.47. The molecular weight excluding hydrogens is 236 g/mol. The lowest BCUT2D eigenvalue weighted by molar-refractivity contribution is -0.138. The van der Waals surface area contributed by atoms with Crippen LogP contribution < -0.4 is 5.32 Å². The fourth-order valence-electron chi connectivity index (χ4n) is 0.923. The van der Waals surface area contributed by atoms with Crippen LogP contribution in [0.3, 0.4) is 0 Å². The average Bonchev–Trinajstić information content (AvgIpc) is 2.33. The summed E-state index contributed by atoms with van der Waals surface area (Å²) in [7, 11) is 1.94. The summed E-state index contributed by atoms with van der Waals surface area (Å²) in [5, 5.41) is 2.48. The van der Waals surface area contributed by atoms with Gasteiger partial charge >= 0.3 is 12.1 Å². The van der Waals surface area contributed by atoms with Crippen LogP contribution in [-0.2, 0) is 14.3 Å². The van der Waals surface area contributed by atoms with Crippen LogP contribution >= 0.6 is 0 Å². The van der Waals surface area contributed by atoms with E-state index in [0.717, 1.165) is 6.54 Å². The third-order valence-corrected chi connectivity index (χ3v) is 2.20. The predicted octanol–water partition coefficient (Wildman–Crippen LogP) is 0.784. The van der Waals surface area contributed by atoms with Crippen LogP contribution in [0.5, 0.6) is 0 Å². The molecule has 0 rings (SSSR count). The standard InChI is InChI=1S/C12H22N2O4/c1-5-14(4)7-9-18-12(16)13-6-8-17-11(15)10(2)3/h2,5-9H2,1,3-4H3,(H,13,16). The molecule has 0 aliphatic heterocycles. The molecule has 1 amide bonds. The molecule has 0 saturated heterocycles. The van der Waals surface area contributed by atoms with E-state index in [4.69, 9.17) is 9.47 Å². The maximum Gasteiger partial charge on any atom is 0.407 e. The van der Waals surface area contributed by atoms with Crippen molar-refractivity contribution in [2.75, 3.05) is 39.9 Å². The smallest absolute Gasteiger partial charge is 0.407 e. The molecule has 0 bridgehead atoms. The van der Waals surface area contributed by atoms with Gasteiger partial charge in [-0.2, -0.15) is 0 Å². The minimum absolute atomic E-state index is 0.107. The van der Waals surface area contributed by atoms with Crippen molar-refractivity contribution in [3.05, 3.63) is 12.2 Å². The Morgan fingerprint density at radius 3 is 2.50 bits per heavy atom. The van der Waals surface area contributed by atoms with Crippen molar-refractivity contribution >= 4 is 12.1 Å². The Hall–Kier alpha value is -1.56. The Labute approximate surface area is 108 Å². The zero-order chi connectivity index (χ0) is 14.0. The van der Waals surface area contributed by atoms with Crippen molar-refractivity contribution < 1.29 is 19.1 Å². The maximum atomic E-state index is 11.2. The molecular formula is C12H22N2O4. The van der Waals surface area contributed by atoms with Crippen LogP contribution in [0.1, 0.15) is 13.8 Å². The van der Waals surface area contributed by atoms with Crippen LogP contribution in [0.4, 0.5) is 4.79 Å². The molecule has 6 heteroatoms. The third-order valence-electron chi connectivity index (χ3n) is 2.20. The van der Waals surface area contributed by atoms with Crippen LogP contribution in [-0.4, -0.2) is 56.9 Å². The van der Waals surface area contributed by atoms with Crippen molar-refractivity contribution in [2.45, 2.75) is 13.8 Å². The van der Waals surface area contributed by atoms with E-state index in [-0.39, 0.29) is 13.2 Å². The molecule has 0 atom stereocenters. The predicted molar refractivity (Wildman–Crippen MR) is 68.3 cm³/mol. The third kappa shape index (κ3) is 8.58. The molecule has 0 fully saturated rings. The lowest BCUT2D eigenvalue weighted by Crippen LogP contribution is -2.31. The fourth-order valence-corrected chi connectivity index (χ4v) is 0.923. The van der Waals surface area contributed by atoms with Gasteiger partial charge < -0.3 is 19.7 Å². The van der Waals surface area contributed by atoms with Crippen molar-refractivity contribution in [3.63, 3.8) is 0 Å². The van der Waals surface area contributed by atoms with Gasteiger partial charge in [0.25, 0.3) is 0 Å². The van der Waals surface area contributed by atoms with E-state index in [2.05, 4.69) is 11.9 Å². The van der Waals surface area contributed by atoms with Gasteiger partial charge in [-0.15, -0.1) is 0 Å². The highest BCUT2D eigenvalue weighted by Crippen LogP contribution is 1.90. The fraction of sp³-hybridized carbons (Fsp3) is 0.667. The quantitative estimate of drug-likeness (QED) is 0.396. The lowest BCUT2D eigenvalue weighted by atomic mass is 10.4. The topological polar surface area (TPSA) is 67.9 Å². The molecule has 0 aromatic heterocycles. The summed E-state index contributed by atoms with van der Waals surface area (Å²) in [4.78, 5) is 24.2. The summed E-state index contributed by atoms with van der Waals surface area (Å²) < 4.78 is 9.72. The molecule has 0 aromatic carbocycles. The van der Waals surface area contributed by atoms with Gasteiger partial charge in [-0.05, 0) is 20.5 Å². The van der Waals surface area contributed by atoms with Crippen molar-refractivity contribution in [2.24, 2.45) is 0 Å². The Bertz CT molecular complexity index is 292. The Morgan fingerprint density at radius 1 is 1.28 bits per heavy atom. The van der Waals surface area contributed by atoms with E-state index in [1.54, 1.807) is 6.92 Å². The zero-order valence-electron chi connectivity index (χ0n) is 11.3. The summed E-state index contributed by atoms with van der Waals surface area (Å²) in [5.74, 6) is -0.463. The molecule has 1 N–H and O–H groups in total. The molecule has 0 heterocycles. The molecule has 6 nitrogen and oxygen atoms in total. The minimum atomic E-state index is -0.508. The summed E-state index contributed by atoms with van der Waals surface area (Å²) in [5.41, 5.74) is 0.333. The van der Waals surface area contributed by atoms with Gasteiger partial charge in [-0.25, -0.2) is 9.59 Å². The van der Waals surface area contributed by atoms with Gasteiger partial charge in [0, 0.05) is 12.1 Å². The first kappa shape index (κ1) is 16.4. The molecule has 0 unspecified atom stereocenters. The summed E-state index contributed by atoms with van der Waals surface area (Å²) in [6.45, 7) is 9.29. The molecule has 0 aliphatic rings. The molecule has 0 aromatic rings. The van der Waals surface area contributed by atoms with E-state index in [9.17, 15) is 9.59 Å². The minimum Gasteiger partial charge on any atom is -0.460 e.